The highest BCUT2D eigenvalue weighted by Gasteiger charge is 1.94. The number of nitrogens with zero attached hydrogens (tertiary/aromatic N) is 2. The lowest BCUT2D eigenvalue weighted by Crippen LogP contribution is -2.00. The molecule has 0 fully saturated rings. The van der Waals surface area contributed by atoms with Crippen LogP contribution in [0.2, 0.25) is 0 Å². The number of rotatable bonds is 4. The second kappa shape index (κ2) is 6.72. The highest BCUT2D eigenvalue weighted by molar-refractivity contribution is 5.85. The molecule has 0 atom stereocenters. The zero-order valence-electron chi connectivity index (χ0n) is 10.1. The minimum atomic E-state index is 0.454. The maximum absolute atomic E-state index is 4.09. The fourth-order valence-electron chi connectivity index (χ4n) is 0.997. The first-order chi connectivity index (χ1) is 7.70. The van der Waals surface area contributed by atoms with Gasteiger partial charge in [-0.2, -0.15) is 10.2 Å². The molecule has 0 unspecified atom stereocenters. The van der Waals surface area contributed by atoms with Crippen molar-refractivity contribution in [1.82, 2.24) is 0 Å². The van der Waals surface area contributed by atoms with Crippen LogP contribution in [-0.2, 0) is 0 Å². The Kier molecular flexibility index (Phi) is 5.20. The molecule has 2 heteroatoms. The molecule has 1 aromatic carbocycles. The van der Waals surface area contributed by atoms with Crippen LogP contribution in [0, 0.1) is 5.92 Å². The normalized spacial score (nSPS) is 13.1. The smallest absolute Gasteiger partial charge is 0.0495 e. The number of benzene rings is 1. The van der Waals surface area contributed by atoms with Crippen molar-refractivity contribution in [3.8, 4) is 0 Å². The van der Waals surface area contributed by atoms with Crippen LogP contribution in [0.4, 0.5) is 0 Å². The van der Waals surface area contributed by atoms with Crippen LogP contribution in [0.5, 0.6) is 0 Å². The fraction of sp³-hybridized carbons (Fsp3) is 0.286. The van der Waals surface area contributed by atoms with Crippen molar-refractivity contribution in [2.75, 3.05) is 0 Å². The Morgan fingerprint density at radius 1 is 1.19 bits per heavy atom. The standard InChI is InChI=1S/C14H18N2/c1-12(2)13(3)16-15-11-7-10-14-8-5-4-6-9-14/h4-12H,1-3H3/b10-7+,15-11+,16-13+. The van der Waals surface area contributed by atoms with Crippen molar-refractivity contribution in [2.45, 2.75) is 20.8 Å². The molecule has 1 aromatic rings. The predicted octanol–water partition coefficient (Wildman–Crippen LogP) is 3.80. The molecule has 0 saturated carbocycles. The van der Waals surface area contributed by atoms with Gasteiger partial charge in [0.25, 0.3) is 0 Å². The van der Waals surface area contributed by atoms with Crippen molar-refractivity contribution < 1.29 is 0 Å². The van der Waals surface area contributed by atoms with E-state index in [-0.39, 0.29) is 0 Å². The molecular weight excluding hydrogens is 196 g/mol. The number of hydrogen-bond donors (Lipinski definition) is 0. The quantitative estimate of drug-likeness (QED) is 0.538. The molecule has 0 N–H and O–H groups in total. The van der Waals surface area contributed by atoms with Crippen LogP contribution >= 0.6 is 0 Å². The molecule has 0 amide bonds. The Balaban J connectivity index is 2.49. The first-order valence-electron chi connectivity index (χ1n) is 5.49. The molecule has 0 saturated heterocycles. The third-order valence-electron chi connectivity index (χ3n) is 2.29. The lowest BCUT2D eigenvalue weighted by atomic mass is 10.1. The molecule has 84 valence electrons. The van der Waals surface area contributed by atoms with Gasteiger partial charge in [0, 0.05) is 11.9 Å². The molecule has 0 aliphatic carbocycles. The molecule has 1 rings (SSSR count). The van der Waals surface area contributed by atoms with Crippen molar-refractivity contribution in [1.29, 1.82) is 0 Å². The van der Waals surface area contributed by atoms with Crippen molar-refractivity contribution in [3.63, 3.8) is 0 Å². The van der Waals surface area contributed by atoms with Gasteiger partial charge >= 0.3 is 0 Å². The summed E-state index contributed by atoms with van der Waals surface area (Å²) in [5, 5.41) is 8.07. The van der Waals surface area contributed by atoms with Crippen LogP contribution in [0.25, 0.3) is 6.08 Å². The van der Waals surface area contributed by atoms with E-state index in [1.54, 1.807) is 6.21 Å². The van der Waals surface area contributed by atoms with Crippen molar-refractivity contribution >= 4 is 18.0 Å². The molecule has 0 heterocycles. The average Bonchev–Trinajstić information content (AvgIpc) is 2.29. The SMILES string of the molecule is C\C(=N/N=C/C=C/c1ccccc1)C(C)C. The first-order valence-corrected chi connectivity index (χ1v) is 5.49. The summed E-state index contributed by atoms with van der Waals surface area (Å²) in [6.07, 6.45) is 5.61. The Hall–Kier alpha value is -1.70. The van der Waals surface area contributed by atoms with Gasteiger partial charge in [-0.1, -0.05) is 50.3 Å². The van der Waals surface area contributed by atoms with Gasteiger partial charge in [-0.05, 0) is 24.5 Å². The topological polar surface area (TPSA) is 24.7 Å². The summed E-state index contributed by atoms with van der Waals surface area (Å²) in [6, 6.07) is 10.1. The van der Waals surface area contributed by atoms with Gasteiger partial charge in [0.2, 0.25) is 0 Å². The molecule has 0 aliphatic heterocycles. The molecule has 16 heavy (non-hydrogen) atoms. The first kappa shape index (κ1) is 12.4. The van der Waals surface area contributed by atoms with Crippen molar-refractivity contribution in [3.05, 3.63) is 42.0 Å². The van der Waals surface area contributed by atoms with Gasteiger partial charge in [-0.3, -0.25) is 0 Å². The fourth-order valence-corrected chi connectivity index (χ4v) is 0.997. The van der Waals surface area contributed by atoms with E-state index in [4.69, 9.17) is 0 Å². The van der Waals surface area contributed by atoms with Gasteiger partial charge in [-0.15, -0.1) is 0 Å². The van der Waals surface area contributed by atoms with E-state index in [9.17, 15) is 0 Å². The van der Waals surface area contributed by atoms with Gasteiger partial charge < -0.3 is 0 Å². The summed E-state index contributed by atoms with van der Waals surface area (Å²) in [5.74, 6) is 0.454. The number of hydrogen-bond acceptors (Lipinski definition) is 2. The van der Waals surface area contributed by atoms with Crippen LogP contribution in [0.1, 0.15) is 26.3 Å². The highest BCUT2D eigenvalue weighted by Crippen LogP contribution is 2.00. The molecule has 0 spiro atoms. The summed E-state index contributed by atoms with van der Waals surface area (Å²) in [5.41, 5.74) is 2.21. The Bertz CT molecular complexity index is 386. The van der Waals surface area contributed by atoms with E-state index >= 15 is 0 Å². The monoisotopic (exact) mass is 214 g/mol. The Labute approximate surface area is 97.4 Å². The maximum Gasteiger partial charge on any atom is 0.0495 e. The highest BCUT2D eigenvalue weighted by atomic mass is 15.2. The largest absolute Gasteiger partial charge is 0.160 e. The van der Waals surface area contributed by atoms with E-state index in [0.717, 1.165) is 5.71 Å². The average molecular weight is 214 g/mol. The molecular formula is C14H18N2. The molecule has 0 radical (unpaired) electrons. The van der Waals surface area contributed by atoms with E-state index in [0.29, 0.717) is 5.92 Å². The number of allylic oxidation sites excluding steroid dienone is 1. The van der Waals surface area contributed by atoms with Crippen LogP contribution < -0.4 is 0 Å². The third kappa shape index (κ3) is 4.69. The molecule has 0 aliphatic rings. The third-order valence-corrected chi connectivity index (χ3v) is 2.29. The van der Waals surface area contributed by atoms with Gasteiger partial charge in [0.15, 0.2) is 0 Å². The summed E-state index contributed by atoms with van der Waals surface area (Å²) < 4.78 is 0. The molecule has 0 bridgehead atoms. The van der Waals surface area contributed by atoms with Crippen LogP contribution in [0.3, 0.4) is 0 Å². The van der Waals surface area contributed by atoms with E-state index in [1.165, 1.54) is 5.56 Å². The van der Waals surface area contributed by atoms with E-state index in [1.807, 2.05) is 49.4 Å². The summed E-state index contributed by atoms with van der Waals surface area (Å²) >= 11 is 0. The van der Waals surface area contributed by atoms with E-state index in [2.05, 4.69) is 24.1 Å². The zero-order chi connectivity index (χ0) is 11.8. The zero-order valence-corrected chi connectivity index (χ0v) is 10.1. The summed E-state index contributed by atoms with van der Waals surface area (Å²) in [7, 11) is 0. The van der Waals surface area contributed by atoms with Crippen LogP contribution in [0.15, 0.2) is 46.6 Å². The van der Waals surface area contributed by atoms with Gasteiger partial charge in [-0.25, -0.2) is 0 Å². The second-order valence-corrected chi connectivity index (χ2v) is 3.93. The lowest BCUT2D eigenvalue weighted by molar-refractivity contribution is 0.870. The molecule has 2 nitrogen and oxygen atoms in total. The minimum absolute atomic E-state index is 0.454. The van der Waals surface area contributed by atoms with Gasteiger partial charge in [0.1, 0.15) is 0 Å². The summed E-state index contributed by atoms with van der Waals surface area (Å²) in [4.78, 5) is 0. The Morgan fingerprint density at radius 3 is 2.50 bits per heavy atom. The Morgan fingerprint density at radius 2 is 1.88 bits per heavy atom. The maximum atomic E-state index is 4.09. The predicted molar refractivity (Wildman–Crippen MR) is 71.9 cm³/mol. The summed E-state index contributed by atoms with van der Waals surface area (Å²) in [6.45, 7) is 6.20. The minimum Gasteiger partial charge on any atom is -0.160 e. The molecule has 0 aromatic heterocycles. The van der Waals surface area contributed by atoms with Crippen LogP contribution in [-0.4, -0.2) is 11.9 Å². The van der Waals surface area contributed by atoms with Crippen molar-refractivity contribution in [2.24, 2.45) is 16.1 Å². The lowest BCUT2D eigenvalue weighted by Gasteiger charge is -1.98. The van der Waals surface area contributed by atoms with E-state index < -0.39 is 0 Å². The van der Waals surface area contributed by atoms with Gasteiger partial charge in [0.05, 0.1) is 0 Å². The second-order valence-electron chi connectivity index (χ2n) is 3.93.